The van der Waals surface area contributed by atoms with Crippen LogP contribution in [0.1, 0.15) is 44.4 Å². The molecule has 0 aliphatic heterocycles. The Bertz CT molecular complexity index is 301. The van der Waals surface area contributed by atoms with E-state index in [1.807, 2.05) is 0 Å². The van der Waals surface area contributed by atoms with Gasteiger partial charge in [0.05, 0.1) is 6.04 Å². The highest BCUT2D eigenvalue weighted by Crippen LogP contribution is 2.14. The molecule has 2 atom stereocenters. The Labute approximate surface area is 96.6 Å². The van der Waals surface area contributed by atoms with Gasteiger partial charge in [0.1, 0.15) is 0 Å². The molecule has 0 aromatic carbocycles. The molecule has 0 radical (unpaired) electrons. The summed E-state index contributed by atoms with van der Waals surface area (Å²) >= 11 is 0. The van der Waals surface area contributed by atoms with Crippen molar-refractivity contribution in [2.24, 2.45) is 0 Å². The first-order valence-electron chi connectivity index (χ1n) is 5.72. The van der Waals surface area contributed by atoms with Gasteiger partial charge in [-0.3, -0.25) is 0 Å². The Morgan fingerprint density at radius 3 is 2.75 bits per heavy atom. The zero-order chi connectivity index (χ0) is 12.0. The number of ether oxygens (including phenoxy) is 1. The number of hydrogen-bond donors (Lipinski definition) is 1. The smallest absolute Gasteiger partial charge is 0.223 e. The maximum atomic E-state index is 5.05. The maximum Gasteiger partial charge on any atom is 0.223 e. The van der Waals surface area contributed by atoms with Crippen LogP contribution in [0.5, 0.6) is 0 Å². The number of aromatic nitrogens is 2. The summed E-state index contributed by atoms with van der Waals surface area (Å²) < 4.78 is 10.0. The Morgan fingerprint density at radius 1 is 1.50 bits per heavy atom. The number of nitrogens with zero attached hydrogens (tertiary/aromatic N) is 2. The molecule has 0 fully saturated rings. The molecule has 92 valence electrons. The average Bonchev–Trinajstić information content (AvgIpc) is 2.69. The Balaban J connectivity index is 2.48. The Morgan fingerprint density at radius 2 is 2.25 bits per heavy atom. The molecular weight excluding hydrogens is 206 g/mol. The summed E-state index contributed by atoms with van der Waals surface area (Å²) in [6.07, 6.45) is 1.92. The summed E-state index contributed by atoms with van der Waals surface area (Å²) in [5.74, 6) is 1.35. The van der Waals surface area contributed by atoms with Crippen LogP contribution in [0.4, 0.5) is 0 Å². The average molecular weight is 227 g/mol. The van der Waals surface area contributed by atoms with Gasteiger partial charge in [0.2, 0.25) is 5.89 Å². The molecule has 0 amide bonds. The van der Waals surface area contributed by atoms with E-state index in [4.69, 9.17) is 9.26 Å². The fourth-order valence-electron chi connectivity index (χ4n) is 1.55. The second-order valence-corrected chi connectivity index (χ2v) is 3.98. The van der Waals surface area contributed by atoms with Gasteiger partial charge in [-0.15, -0.1) is 0 Å². The van der Waals surface area contributed by atoms with Gasteiger partial charge in [-0.1, -0.05) is 12.1 Å². The van der Waals surface area contributed by atoms with Crippen LogP contribution in [0.3, 0.4) is 0 Å². The topological polar surface area (TPSA) is 60.2 Å². The molecule has 5 nitrogen and oxygen atoms in total. The molecule has 0 bridgehead atoms. The maximum absolute atomic E-state index is 5.05. The largest absolute Gasteiger partial charge is 0.385 e. The van der Waals surface area contributed by atoms with Gasteiger partial charge < -0.3 is 14.6 Å². The monoisotopic (exact) mass is 227 g/mol. The molecule has 1 aromatic heterocycles. The van der Waals surface area contributed by atoms with Crippen molar-refractivity contribution < 1.29 is 9.26 Å². The molecule has 1 aromatic rings. The second-order valence-electron chi connectivity index (χ2n) is 3.98. The van der Waals surface area contributed by atoms with E-state index < -0.39 is 0 Å². The van der Waals surface area contributed by atoms with E-state index in [2.05, 4.69) is 29.3 Å². The van der Waals surface area contributed by atoms with Crippen LogP contribution in [0.25, 0.3) is 0 Å². The van der Waals surface area contributed by atoms with Crippen molar-refractivity contribution in [1.29, 1.82) is 0 Å². The second kappa shape index (κ2) is 6.60. The number of aryl methyl sites for hydroxylation is 1. The van der Waals surface area contributed by atoms with Crippen LogP contribution in [-0.4, -0.2) is 29.9 Å². The minimum absolute atomic E-state index is 0.157. The predicted molar refractivity (Wildman–Crippen MR) is 61.2 cm³/mol. The van der Waals surface area contributed by atoms with Gasteiger partial charge >= 0.3 is 0 Å². The lowest BCUT2D eigenvalue weighted by atomic mass is 10.1. The van der Waals surface area contributed by atoms with Gasteiger partial charge in [-0.25, -0.2) is 0 Å². The summed E-state index contributed by atoms with van der Waals surface area (Å²) in [5, 5.41) is 7.41. The van der Waals surface area contributed by atoms with Crippen LogP contribution in [-0.2, 0) is 4.74 Å². The van der Waals surface area contributed by atoms with E-state index in [1.165, 1.54) is 0 Å². The van der Waals surface area contributed by atoms with E-state index in [-0.39, 0.29) is 6.04 Å². The van der Waals surface area contributed by atoms with Gasteiger partial charge in [-0.2, -0.15) is 4.98 Å². The first-order chi connectivity index (χ1) is 7.67. The van der Waals surface area contributed by atoms with Crippen molar-refractivity contribution in [3.05, 3.63) is 11.7 Å². The van der Waals surface area contributed by atoms with E-state index in [1.54, 1.807) is 14.0 Å². The van der Waals surface area contributed by atoms with Crippen LogP contribution < -0.4 is 5.32 Å². The van der Waals surface area contributed by atoms with E-state index in [0.717, 1.165) is 25.3 Å². The summed E-state index contributed by atoms with van der Waals surface area (Å²) in [6, 6.07) is 0.535. The highest BCUT2D eigenvalue weighted by molar-refractivity contribution is 4.93. The van der Waals surface area contributed by atoms with Crippen molar-refractivity contribution in [2.45, 2.75) is 45.7 Å². The lowest BCUT2D eigenvalue weighted by Crippen LogP contribution is -2.31. The molecule has 16 heavy (non-hydrogen) atoms. The third-order valence-electron chi connectivity index (χ3n) is 2.50. The SMILES string of the molecule is CCC(NC(C)CCOC)c1noc(C)n1. The van der Waals surface area contributed by atoms with Crippen LogP contribution >= 0.6 is 0 Å². The first kappa shape index (κ1) is 13.1. The predicted octanol–water partition coefficient (Wildman–Crippen LogP) is 1.84. The van der Waals surface area contributed by atoms with E-state index in [0.29, 0.717) is 11.9 Å². The molecule has 1 heterocycles. The summed E-state index contributed by atoms with van der Waals surface area (Å²) in [4.78, 5) is 4.24. The van der Waals surface area contributed by atoms with Crippen molar-refractivity contribution in [3.63, 3.8) is 0 Å². The van der Waals surface area contributed by atoms with Crippen molar-refractivity contribution in [3.8, 4) is 0 Å². The molecule has 1 N–H and O–H groups in total. The van der Waals surface area contributed by atoms with Gasteiger partial charge in [0.25, 0.3) is 0 Å². The zero-order valence-corrected chi connectivity index (χ0v) is 10.5. The molecule has 5 heteroatoms. The minimum Gasteiger partial charge on any atom is -0.385 e. The van der Waals surface area contributed by atoms with Crippen molar-refractivity contribution >= 4 is 0 Å². The van der Waals surface area contributed by atoms with E-state index in [9.17, 15) is 0 Å². The summed E-state index contributed by atoms with van der Waals surface area (Å²) in [7, 11) is 1.71. The van der Waals surface area contributed by atoms with Crippen LogP contribution in [0.15, 0.2) is 4.52 Å². The summed E-state index contributed by atoms with van der Waals surface area (Å²) in [5.41, 5.74) is 0. The Kier molecular flexibility index (Phi) is 5.42. The fourth-order valence-corrected chi connectivity index (χ4v) is 1.55. The van der Waals surface area contributed by atoms with Gasteiger partial charge in [0.15, 0.2) is 5.82 Å². The number of methoxy groups -OCH3 is 1. The molecule has 0 aliphatic carbocycles. The van der Waals surface area contributed by atoms with Crippen LogP contribution in [0, 0.1) is 6.92 Å². The third-order valence-corrected chi connectivity index (χ3v) is 2.50. The number of hydrogen-bond acceptors (Lipinski definition) is 5. The molecule has 0 aliphatic rings. The first-order valence-corrected chi connectivity index (χ1v) is 5.72. The van der Waals surface area contributed by atoms with Crippen molar-refractivity contribution in [1.82, 2.24) is 15.5 Å². The standard InChI is InChI=1S/C11H21N3O2/c1-5-10(11-13-9(3)16-14-11)12-8(2)6-7-15-4/h8,10,12H,5-7H2,1-4H3. The lowest BCUT2D eigenvalue weighted by molar-refractivity contribution is 0.182. The quantitative estimate of drug-likeness (QED) is 0.770. The van der Waals surface area contributed by atoms with Gasteiger partial charge in [0, 0.05) is 26.7 Å². The lowest BCUT2D eigenvalue weighted by Gasteiger charge is -2.19. The van der Waals surface area contributed by atoms with Crippen molar-refractivity contribution in [2.75, 3.05) is 13.7 Å². The van der Waals surface area contributed by atoms with Crippen LogP contribution in [0.2, 0.25) is 0 Å². The Hall–Kier alpha value is -0.940. The fraction of sp³-hybridized carbons (Fsp3) is 0.818. The highest BCUT2D eigenvalue weighted by Gasteiger charge is 2.17. The molecule has 0 spiro atoms. The number of rotatable bonds is 7. The molecule has 2 unspecified atom stereocenters. The molecule has 1 rings (SSSR count). The zero-order valence-electron chi connectivity index (χ0n) is 10.5. The normalized spacial score (nSPS) is 15.0. The highest BCUT2D eigenvalue weighted by atomic mass is 16.5. The summed E-state index contributed by atoms with van der Waals surface area (Å²) in [6.45, 7) is 6.80. The number of nitrogens with one attached hydrogen (secondary N) is 1. The van der Waals surface area contributed by atoms with Gasteiger partial charge in [-0.05, 0) is 19.8 Å². The van der Waals surface area contributed by atoms with E-state index >= 15 is 0 Å². The molecule has 0 saturated heterocycles. The molecular formula is C11H21N3O2. The molecule has 0 saturated carbocycles. The minimum atomic E-state index is 0.157. The third kappa shape index (κ3) is 3.90.